The molecule has 0 saturated heterocycles. The van der Waals surface area contributed by atoms with Crippen LogP contribution in [0.3, 0.4) is 0 Å². The van der Waals surface area contributed by atoms with Gasteiger partial charge in [-0.05, 0) is 35.4 Å². The molecule has 0 radical (unpaired) electrons. The second-order valence-electron chi connectivity index (χ2n) is 4.86. The summed E-state index contributed by atoms with van der Waals surface area (Å²) >= 11 is 0. The van der Waals surface area contributed by atoms with E-state index < -0.39 is 0 Å². The number of benzene rings is 2. The molecule has 0 heterocycles. The lowest BCUT2D eigenvalue weighted by atomic mass is 10.1. The highest BCUT2D eigenvalue weighted by atomic mass is 16.5. The predicted octanol–water partition coefficient (Wildman–Crippen LogP) is 3.40. The number of hydrogen-bond acceptors (Lipinski definition) is 3. The van der Waals surface area contributed by atoms with Crippen molar-refractivity contribution in [2.45, 2.75) is 20.1 Å². The predicted molar refractivity (Wildman–Crippen MR) is 85.2 cm³/mol. The first-order chi connectivity index (χ1) is 10.2. The van der Waals surface area contributed by atoms with Gasteiger partial charge in [-0.1, -0.05) is 24.3 Å². The second-order valence-corrected chi connectivity index (χ2v) is 4.86. The van der Waals surface area contributed by atoms with Gasteiger partial charge in [0.05, 0.1) is 6.61 Å². The molecule has 1 amide bonds. The van der Waals surface area contributed by atoms with Gasteiger partial charge in [-0.25, -0.2) is 0 Å². The molecule has 0 atom stereocenters. The molecule has 4 nitrogen and oxygen atoms in total. The van der Waals surface area contributed by atoms with Crippen molar-refractivity contribution in [3.8, 4) is 0 Å². The van der Waals surface area contributed by atoms with Crippen LogP contribution < -0.4 is 10.6 Å². The van der Waals surface area contributed by atoms with Crippen LogP contribution in [-0.2, 0) is 22.7 Å². The summed E-state index contributed by atoms with van der Waals surface area (Å²) in [5.41, 5.74) is 4.20. The highest BCUT2D eigenvalue weighted by Gasteiger charge is 1.98. The summed E-state index contributed by atoms with van der Waals surface area (Å²) in [5, 5.41) is 6.09. The van der Waals surface area contributed by atoms with Crippen LogP contribution in [0.15, 0.2) is 48.5 Å². The van der Waals surface area contributed by atoms with Gasteiger partial charge in [-0.2, -0.15) is 0 Å². The van der Waals surface area contributed by atoms with Crippen molar-refractivity contribution < 1.29 is 9.53 Å². The minimum absolute atomic E-state index is 0.0631. The van der Waals surface area contributed by atoms with Crippen LogP contribution in [0, 0.1) is 0 Å². The Morgan fingerprint density at radius 2 is 1.52 bits per heavy atom. The minimum Gasteiger partial charge on any atom is -0.381 e. The lowest BCUT2D eigenvalue weighted by Crippen LogP contribution is -2.05. The first kappa shape index (κ1) is 15.1. The standard InChI is InChI=1S/C17H20N2O2/c1-13(20)19-17-9-7-16(8-10-17)18-11-14-3-5-15(6-4-14)12-21-2/h3-10,18H,11-12H2,1-2H3,(H,19,20). The Morgan fingerprint density at radius 3 is 2.10 bits per heavy atom. The molecular weight excluding hydrogens is 264 g/mol. The average molecular weight is 284 g/mol. The quantitative estimate of drug-likeness (QED) is 0.854. The molecule has 21 heavy (non-hydrogen) atoms. The van der Waals surface area contributed by atoms with E-state index in [9.17, 15) is 4.79 Å². The molecule has 110 valence electrons. The summed E-state index contributed by atoms with van der Waals surface area (Å²) in [4.78, 5) is 10.9. The van der Waals surface area contributed by atoms with Crippen molar-refractivity contribution in [2.75, 3.05) is 17.7 Å². The normalized spacial score (nSPS) is 10.2. The van der Waals surface area contributed by atoms with E-state index in [1.54, 1.807) is 7.11 Å². The summed E-state index contributed by atoms with van der Waals surface area (Å²) in [5.74, 6) is -0.0631. The molecule has 0 unspecified atom stereocenters. The van der Waals surface area contributed by atoms with Crippen LogP contribution in [0.1, 0.15) is 18.1 Å². The van der Waals surface area contributed by atoms with Crippen LogP contribution in [-0.4, -0.2) is 13.0 Å². The number of anilines is 2. The molecule has 0 saturated carbocycles. The summed E-state index contributed by atoms with van der Waals surface area (Å²) in [7, 11) is 1.69. The van der Waals surface area contributed by atoms with E-state index in [0.29, 0.717) is 6.61 Å². The van der Waals surface area contributed by atoms with Crippen LogP contribution >= 0.6 is 0 Å². The molecule has 0 spiro atoms. The van der Waals surface area contributed by atoms with E-state index in [4.69, 9.17) is 4.74 Å². The lowest BCUT2D eigenvalue weighted by molar-refractivity contribution is -0.114. The topological polar surface area (TPSA) is 50.4 Å². The third kappa shape index (κ3) is 4.93. The molecule has 0 aliphatic carbocycles. The Labute approximate surface area is 125 Å². The highest BCUT2D eigenvalue weighted by molar-refractivity contribution is 5.88. The summed E-state index contributed by atoms with van der Waals surface area (Å²) in [6.07, 6.45) is 0. The SMILES string of the molecule is COCc1ccc(CNc2ccc(NC(C)=O)cc2)cc1. The Morgan fingerprint density at radius 1 is 0.952 bits per heavy atom. The summed E-state index contributed by atoms with van der Waals surface area (Å²) < 4.78 is 5.09. The van der Waals surface area contributed by atoms with Gasteiger partial charge < -0.3 is 15.4 Å². The zero-order chi connectivity index (χ0) is 15.1. The molecule has 0 fully saturated rings. The van der Waals surface area contributed by atoms with Crippen LogP contribution in [0.5, 0.6) is 0 Å². The van der Waals surface area contributed by atoms with Crippen molar-refractivity contribution in [3.63, 3.8) is 0 Å². The zero-order valence-corrected chi connectivity index (χ0v) is 12.3. The number of ether oxygens (including phenoxy) is 1. The van der Waals surface area contributed by atoms with Gasteiger partial charge in [0, 0.05) is 32.0 Å². The molecule has 2 aromatic carbocycles. The Balaban J connectivity index is 1.88. The van der Waals surface area contributed by atoms with E-state index in [0.717, 1.165) is 17.9 Å². The number of nitrogens with one attached hydrogen (secondary N) is 2. The number of hydrogen-bond donors (Lipinski definition) is 2. The van der Waals surface area contributed by atoms with Gasteiger partial charge in [-0.15, -0.1) is 0 Å². The molecule has 0 aliphatic heterocycles. The second kappa shape index (κ2) is 7.45. The van der Waals surface area contributed by atoms with Crippen molar-refractivity contribution in [2.24, 2.45) is 0 Å². The van der Waals surface area contributed by atoms with Crippen molar-refractivity contribution in [1.29, 1.82) is 0 Å². The summed E-state index contributed by atoms with van der Waals surface area (Å²) in [6, 6.07) is 16.0. The fourth-order valence-electron chi connectivity index (χ4n) is 2.00. The minimum atomic E-state index is -0.0631. The first-order valence-electron chi connectivity index (χ1n) is 6.85. The van der Waals surface area contributed by atoms with Gasteiger partial charge >= 0.3 is 0 Å². The fourth-order valence-corrected chi connectivity index (χ4v) is 2.00. The van der Waals surface area contributed by atoms with E-state index in [1.807, 2.05) is 24.3 Å². The van der Waals surface area contributed by atoms with Crippen LogP contribution in [0.2, 0.25) is 0 Å². The summed E-state index contributed by atoms with van der Waals surface area (Å²) in [6.45, 7) is 2.89. The first-order valence-corrected chi connectivity index (χ1v) is 6.85. The lowest BCUT2D eigenvalue weighted by Gasteiger charge is -2.08. The molecule has 4 heteroatoms. The van der Waals surface area contributed by atoms with Crippen molar-refractivity contribution >= 4 is 17.3 Å². The number of carbonyl (C=O) groups is 1. The van der Waals surface area contributed by atoms with Gasteiger partial charge in [0.2, 0.25) is 5.91 Å². The van der Waals surface area contributed by atoms with Crippen LogP contribution in [0.4, 0.5) is 11.4 Å². The maximum absolute atomic E-state index is 10.9. The monoisotopic (exact) mass is 284 g/mol. The van der Waals surface area contributed by atoms with Gasteiger partial charge in [0.25, 0.3) is 0 Å². The van der Waals surface area contributed by atoms with Gasteiger partial charge in [-0.3, -0.25) is 4.79 Å². The maximum Gasteiger partial charge on any atom is 0.221 e. The molecule has 0 bridgehead atoms. The van der Waals surface area contributed by atoms with E-state index in [2.05, 4.69) is 34.9 Å². The Hall–Kier alpha value is -2.33. The van der Waals surface area contributed by atoms with Crippen LogP contribution in [0.25, 0.3) is 0 Å². The third-order valence-corrected chi connectivity index (χ3v) is 3.04. The smallest absolute Gasteiger partial charge is 0.221 e. The largest absolute Gasteiger partial charge is 0.381 e. The number of amides is 1. The van der Waals surface area contributed by atoms with Gasteiger partial charge in [0.1, 0.15) is 0 Å². The number of methoxy groups -OCH3 is 1. The van der Waals surface area contributed by atoms with Gasteiger partial charge in [0.15, 0.2) is 0 Å². The molecule has 0 aliphatic rings. The third-order valence-electron chi connectivity index (χ3n) is 3.04. The molecule has 2 N–H and O–H groups in total. The number of rotatable bonds is 6. The highest BCUT2D eigenvalue weighted by Crippen LogP contribution is 2.15. The zero-order valence-electron chi connectivity index (χ0n) is 12.3. The molecular formula is C17H20N2O2. The number of carbonyl (C=O) groups excluding carboxylic acids is 1. The Bertz CT molecular complexity index is 577. The van der Waals surface area contributed by atoms with E-state index in [1.165, 1.54) is 18.1 Å². The molecule has 2 rings (SSSR count). The van der Waals surface area contributed by atoms with Crippen molar-refractivity contribution in [1.82, 2.24) is 0 Å². The maximum atomic E-state index is 10.9. The average Bonchev–Trinajstić information content (AvgIpc) is 2.48. The van der Waals surface area contributed by atoms with E-state index in [-0.39, 0.29) is 5.91 Å². The molecule has 0 aromatic heterocycles. The molecule has 2 aromatic rings. The fraction of sp³-hybridized carbons (Fsp3) is 0.235. The Kier molecular flexibility index (Phi) is 5.35. The van der Waals surface area contributed by atoms with Crippen molar-refractivity contribution in [3.05, 3.63) is 59.7 Å². The van der Waals surface area contributed by atoms with E-state index >= 15 is 0 Å².